The molecule has 0 aromatic rings. The van der Waals surface area contributed by atoms with Gasteiger partial charge >= 0.3 is 11.9 Å². The zero-order chi connectivity index (χ0) is 12.9. The van der Waals surface area contributed by atoms with E-state index in [1.54, 1.807) is 6.92 Å². The lowest BCUT2D eigenvalue weighted by Gasteiger charge is -2.17. The molecule has 0 aliphatic carbocycles. The van der Waals surface area contributed by atoms with Crippen LogP contribution >= 0.6 is 0 Å². The molecule has 0 aromatic carbocycles. The van der Waals surface area contributed by atoms with Gasteiger partial charge < -0.3 is 14.9 Å². The Bertz CT molecular complexity index is 283. The SMILES string of the molecule is CC(=O)C(C)CC(OC(=O)C(C)O)C(=O)O. The fourth-order valence-electron chi connectivity index (χ4n) is 0.925. The maximum Gasteiger partial charge on any atom is 0.345 e. The van der Waals surface area contributed by atoms with Crippen molar-refractivity contribution in [1.82, 2.24) is 0 Å². The van der Waals surface area contributed by atoms with Crippen LogP contribution < -0.4 is 0 Å². The number of carbonyl (C=O) groups excluding carboxylic acids is 2. The number of ketones is 1. The van der Waals surface area contributed by atoms with Gasteiger partial charge in [-0.2, -0.15) is 0 Å². The molecule has 0 bridgehead atoms. The summed E-state index contributed by atoms with van der Waals surface area (Å²) < 4.78 is 4.55. The summed E-state index contributed by atoms with van der Waals surface area (Å²) in [5.74, 6) is -3.03. The summed E-state index contributed by atoms with van der Waals surface area (Å²) in [5.41, 5.74) is 0. The van der Waals surface area contributed by atoms with Gasteiger partial charge in [0.1, 0.15) is 11.9 Å². The molecule has 0 saturated carbocycles. The van der Waals surface area contributed by atoms with Crippen molar-refractivity contribution in [3.05, 3.63) is 0 Å². The number of aliphatic hydroxyl groups is 1. The van der Waals surface area contributed by atoms with Crippen molar-refractivity contribution >= 4 is 17.7 Å². The van der Waals surface area contributed by atoms with Crippen LogP contribution in [-0.4, -0.2) is 40.1 Å². The van der Waals surface area contributed by atoms with Crippen molar-refractivity contribution in [2.45, 2.75) is 39.4 Å². The fourth-order valence-corrected chi connectivity index (χ4v) is 0.925. The molecule has 92 valence electrons. The van der Waals surface area contributed by atoms with Gasteiger partial charge in [0.25, 0.3) is 0 Å². The van der Waals surface area contributed by atoms with E-state index in [9.17, 15) is 14.4 Å². The molecule has 16 heavy (non-hydrogen) atoms. The Morgan fingerprint density at radius 2 is 1.75 bits per heavy atom. The van der Waals surface area contributed by atoms with Crippen molar-refractivity contribution in [2.24, 2.45) is 5.92 Å². The minimum Gasteiger partial charge on any atom is -0.479 e. The van der Waals surface area contributed by atoms with Crippen LogP contribution in [0.5, 0.6) is 0 Å². The molecule has 0 fully saturated rings. The molecule has 0 radical (unpaired) electrons. The lowest BCUT2D eigenvalue weighted by atomic mass is 10.00. The van der Waals surface area contributed by atoms with Crippen LogP contribution in [0.25, 0.3) is 0 Å². The Balaban J connectivity index is 4.46. The number of aliphatic carboxylic acids is 1. The summed E-state index contributed by atoms with van der Waals surface area (Å²) in [6.45, 7) is 4.06. The van der Waals surface area contributed by atoms with Crippen LogP contribution in [0.15, 0.2) is 0 Å². The van der Waals surface area contributed by atoms with Crippen LogP contribution in [0.4, 0.5) is 0 Å². The lowest BCUT2D eigenvalue weighted by molar-refractivity contribution is -0.170. The third kappa shape index (κ3) is 4.88. The van der Waals surface area contributed by atoms with Crippen LogP contribution in [-0.2, 0) is 19.1 Å². The number of hydrogen-bond donors (Lipinski definition) is 2. The highest BCUT2D eigenvalue weighted by atomic mass is 16.6. The molecule has 3 unspecified atom stereocenters. The first-order valence-corrected chi connectivity index (χ1v) is 4.87. The largest absolute Gasteiger partial charge is 0.479 e. The van der Waals surface area contributed by atoms with Gasteiger partial charge in [-0.3, -0.25) is 4.79 Å². The highest BCUT2D eigenvalue weighted by Crippen LogP contribution is 2.11. The minimum atomic E-state index is -1.40. The van der Waals surface area contributed by atoms with E-state index in [2.05, 4.69) is 4.74 Å². The number of carboxylic acids is 1. The average molecular weight is 232 g/mol. The second-order valence-corrected chi connectivity index (χ2v) is 3.69. The number of ether oxygens (including phenoxy) is 1. The van der Waals surface area contributed by atoms with Crippen molar-refractivity contribution in [1.29, 1.82) is 0 Å². The molecule has 0 aliphatic rings. The zero-order valence-corrected chi connectivity index (χ0v) is 9.47. The van der Waals surface area contributed by atoms with Crippen LogP contribution in [0.1, 0.15) is 27.2 Å². The van der Waals surface area contributed by atoms with Crippen LogP contribution in [0, 0.1) is 5.92 Å². The van der Waals surface area contributed by atoms with Crippen molar-refractivity contribution in [2.75, 3.05) is 0 Å². The van der Waals surface area contributed by atoms with E-state index in [4.69, 9.17) is 10.2 Å². The molecular weight excluding hydrogens is 216 g/mol. The third-order valence-corrected chi connectivity index (χ3v) is 2.14. The molecule has 6 heteroatoms. The van der Waals surface area contributed by atoms with E-state index in [1.165, 1.54) is 13.8 Å². The highest BCUT2D eigenvalue weighted by Gasteiger charge is 2.27. The summed E-state index contributed by atoms with van der Waals surface area (Å²) in [6.07, 6.45) is -2.88. The number of carboxylic acid groups (broad SMARTS) is 1. The number of hydrogen-bond acceptors (Lipinski definition) is 5. The fraction of sp³-hybridized carbons (Fsp3) is 0.700. The van der Waals surface area contributed by atoms with E-state index in [-0.39, 0.29) is 12.2 Å². The summed E-state index contributed by atoms with van der Waals surface area (Å²) in [7, 11) is 0. The third-order valence-electron chi connectivity index (χ3n) is 2.14. The van der Waals surface area contributed by atoms with E-state index >= 15 is 0 Å². The summed E-state index contributed by atoms with van der Waals surface area (Å²) in [4.78, 5) is 32.7. The average Bonchev–Trinajstić information content (AvgIpc) is 2.15. The smallest absolute Gasteiger partial charge is 0.345 e. The van der Waals surface area contributed by atoms with E-state index in [1.807, 2.05) is 0 Å². The molecular formula is C10H16O6. The second kappa shape index (κ2) is 6.22. The molecule has 0 amide bonds. The first kappa shape index (κ1) is 14.6. The Kier molecular flexibility index (Phi) is 5.66. The number of aliphatic hydroxyl groups excluding tert-OH is 1. The van der Waals surface area contributed by atoms with Crippen molar-refractivity contribution in [3.8, 4) is 0 Å². The predicted octanol–water partition coefficient (Wildman–Crippen LogP) is -0.0212. The van der Waals surface area contributed by atoms with Gasteiger partial charge in [-0.15, -0.1) is 0 Å². The molecule has 0 spiro atoms. The van der Waals surface area contributed by atoms with Gasteiger partial charge in [0.05, 0.1) is 0 Å². The molecule has 0 rings (SSSR count). The molecule has 2 N–H and O–H groups in total. The maximum absolute atomic E-state index is 11.0. The number of rotatable bonds is 6. The van der Waals surface area contributed by atoms with E-state index < -0.39 is 30.1 Å². The molecule has 0 aliphatic heterocycles. The van der Waals surface area contributed by atoms with Gasteiger partial charge in [0, 0.05) is 12.3 Å². The predicted molar refractivity (Wildman–Crippen MR) is 53.7 cm³/mol. The second-order valence-electron chi connectivity index (χ2n) is 3.69. The molecule has 0 aromatic heterocycles. The quantitative estimate of drug-likeness (QED) is 0.624. The number of carbonyl (C=O) groups is 3. The Hall–Kier alpha value is -1.43. The van der Waals surface area contributed by atoms with Gasteiger partial charge in [-0.25, -0.2) is 9.59 Å². The maximum atomic E-state index is 11.0. The lowest BCUT2D eigenvalue weighted by Crippen LogP contribution is -2.33. The van der Waals surface area contributed by atoms with Crippen LogP contribution in [0.2, 0.25) is 0 Å². The number of esters is 1. The molecule has 6 nitrogen and oxygen atoms in total. The molecule has 0 heterocycles. The minimum absolute atomic E-state index is 0.0941. The number of Topliss-reactive ketones (excluding diaryl/α,β-unsaturated/α-hetero) is 1. The van der Waals surface area contributed by atoms with Gasteiger partial charge in [-0.05, 0) is 13.8 Å². The highest BCUT2D eigenvalue weighted by molar-refractivity contribution is 5.82. The summed E-state index contributed by atoms with van der Waals surface area (Å²) in [6, 6.07) is 0. The standard InChI is InChI=1S/C10H16O6/c1-5(6(2)11)4-8(9(13)14)16-10(15)7(3)12/h5,7-8,12H,4H2,1-3H3,(H,13,14). The monoisotopic (exact) mass is 232 g/mol. The first-order chi connectivity index (χ1) is 7.25. The van der Waals surface area contributed by atoms with Crippen molar-refractivity contribution in [3.63, 3.8) is 0 Å². The Morgan fingerprint density at radius 1 is 1.25 bits per heavy atom. The normalized spacial score (nSPS) is 16.0. The Labute approximate surface area is 93.2 Å². The molecule has 3 atom stereocenters. The Morgan fingerprint density at radius 3 is 2.06 bits per heavy atom. The van der Waals surface area contributed by atoms with Crippen molar-refractivity contribution < 1.29 is 29.3 Å². The van der Waals surface area contributed by atoms with Gasteiger partial charge in [0.2, 0.25) is 0 Å². The topological polar surface area (TPSA) is 101 Å². The van der Waals surface area contributed by atoms with E-state index in [0.717, 1.165) is 0 Å². The molecule has 0 saturated heterocycles. The zero-order valence-electron chi connectivity index (χ0n) is 9.47. The summed E-state index contributed by atoms with van der Waals surface area (Å²) >= 11 is 0. The first-order valence-electron chi connectivity index (χ1n) is 4.87. The van der Waals surface area contributed by atoms with Gasteiger partial charge in [-0.1, -0.05) is 6.92 Å². The van der Waals surface area contributed by atoms with Gasteiger partial charge in [0.15, 0.2) is 6.10 Å². The van der Waals surface area contributed by atoms with E-state index in [0.29, 0.717) is 0 Å². The summed E-state index contributed by atoms with van der Waals surface area (Å²) in [5, 5.41) is 17.6. The van der Waals surface area contributed by atoms with Crippen LogP contribution in [0.3, 0.4) is 0 Å².